The summed E-state index contributed by atoms with van der Waals surface area (Å²) in [5.74, 6) is -0.258. The molecule has 19 heavy (non-hydrogen) atoms. The summed E-state index contributed by atoms with van der Waals surface area (Å²) in [6, 6.07) is 4.46. The monoisotopic (exact) mass is 326 g/mol. The molecule has 1 N–H and O–H groups in total. The van der Waals surface area contributed by atoms with Gasteiger partial charge in [0.05, 0.1) is 6.04 Å². The van der Waals surface area contributed by atoms with E-state index in [4.69, 9.17) is 11.6 Å². The molecule has 0 amide bonds. The van der Waals surface area contributed by atoms with Crippen molar-refractivity contribution < 1.29 is 4.39 Å². The van der Waals surface area contributed by atoms with E-state index >= 15 is 0 Å². The molecule has 0 radical (unpaired) electrons. The maximum Gasteiger partial charge on any atom is 0.123 e. The first-order valence-electron chi connectivity index (χ1n) is 5.74. The molecule has 108 valence electrons. The Morgan fingerprint density at radius 3 is 2.53 bits per heavy atom. The highest BCUT2D eigenvalue weighted by molar-refractivity contribution is 6.31. The standard InChI is InChI=1S/C13H16ClFN2.2ClH/c1-2-13(17-7-5-16-6-8-17)11-9-10(15)3-4-12(11)14;;/h2-4,9,13,16H,1,5-8H2;2*1H/t13-;;/m0../s1. The quantitative estimate of drug-likeness (QED) is 0.855. The van der Waals surface area contributed by atoms with E-state index < -0.39 is 0 Å². The molecule has 2 nitrogen and oxygen atoms in total. The molecule has 1 aliphatic rings. The average Bonchev–Trinajstić information content (AvgIpc) is 2.36. The molecule has 1 aliphatic heterocycles. The van der Waals surface area contributed by atoms with E-state index in [1.807, 2.05) is 6.08 Å². The highest BCUT2D eigenvalue weighted by Gasteiger charge is 2.21. The number of hydrogen-bond donors (Lipinski definition) is 1. The molecule has 6 heteroatoms. The van der Waals surface area contributed by atoms with Gasteiger partial charge in [0.25, 0.3) is 0 Å². The van der Waals surface area contributed by atoms with Crippen molar-refractivity contribution in [2.45, 2.75) is 6.04 Å². The van der Waals surface area contributed by atoms with E-state index in [2.05, 4.69) is 16.8 Å². The molecule has 1 fully saturated rings. The second-order valence-electron chi connectivity index (χ2n) is 4.13. The first kappa shape index (κ1) is 18.7. The van der Waals surface area contributed by atoms with Crippen molar-refractivity contribution in [1.82, 2.24) is 10.2 Å². The van der Waals surface area contributed by atoms with E-state index in [1.54, 1.807) is 6.07 Å². The van der Waals surface area contributed by atoms with Gasteiger partial charge in [-0.05, 0) is 23.8 Å². The number of hydrogen-bond acceptors (Lipinski definition) is 2. The molecule has 0 aliphatic carbocycles. The molecule has 0 unspecified atom stereocenters. The Bertz CT molecular complexity index is 409. The molecule has 0 spiro atoms. The van der Waals surface area contributed by atoms with Crippen LogP contribution in [0.5, 0.6) is 0 Å². The summed E-state index contributed by atoms with van der Waals surface area (Å²) >= 11 is 6.13. The molecule has 1 atom stereocenters. The summed E-state index contributed by atoms with van der Waals surface area (Å²) < 4.78 is 13.3. The maximum atomic E-state index is 13.3. The molecular formula is C13H18Cl3FN2. The van der Waals surface area contributed by atoms with Crippen LogP contribution in [-0.4, -0.2) is 31.1 Å². The van der Waals surface area contributed by atoms with Gasteiger partial charge < -0.3 is 5.32 Å². The lowest BCUT2D eigenvalue weighted by Gasteiger charge is -2.33. The van der Waals surface area contributed by atoms with Gasteiger partial charge in [-0.2, -0.15) is 0 Å². The molecule has 0 saturated carbocycles. The smallest absolute Gasteiger partial charge is 0.123 e. The minimum Gasteiger partial charge on any atom is -0.314 e. The summed E-state index contributed by atoms with van der Waals surface area (Å²) in [7, 11) is 0. The predicted octanol–water partition coefficient (Wildman–Crippen LogP) is 3.46. The fraction of sp³-hybridized carbons (Fsp3) is 0.385. The lowest BCUT2D eigenvalue weighted by atomic mass is 10.0. The Labute approximate surface area is 130 Å². The first-order chi connectivity index (χ1) is 8.22. The minimum atomic E-state index is -0.258. The van der Waals surface area contributed by atoms with Crippen LogP contribution in [0, 0.1) is 5.82 Å². The zero-order valence-corrected chi connectivity index (χ0v) is 12.8. The van der Waals surface area contributed by atoms with Gasteiger partial charge >= 0.3 is 0 Å². The van der Waals surface area contributed by atoms with Crippen molar-refractivity contribution in [3.63, 3.8) is 0 Å². The van der Waals surface area contributed by atoms with Crippen molar-refractivity contribution >= 4 is 36.4 Å². The van der Waals surface area contributed by atoms with E-state index in [-0.39, 0.29) is 36.7 Å². The van der Waals surface area contributed by atoms with Crippen LogP contribution in [0.1, 0.15) is 11.6 Å². The van der Waals surface area contributed by atoms with E-state index in [1.165, 1.54) is 12.1 Å². The average molecular weight is 328 g/mol. The van der Waals surface area contributed by atoms with Crippen molar-refractivity contribution in [2.75, 3.05) is 26.2 Å². The molecule has 0 bridgehead atoms. The third kappa shape index (κ3) is 4.62. The molecule has 0 aromatic heterocycles. The summed E-state index contributed by atoms with van der Waals surface area (Å²) in [6.45, 7) is 7.56. The summed E-state index contributed by atoms with van der Waals surface area (Å²) in [6.07, 6.45) is 1.83. The molecular weight excluding hydrogens is 310 g/mol. The lowest BCUT2D eigenvalue weighted by molar-refractivity contribution is 0.203. The van der Waals surface area contributed by atoms with Crippen molar-refractivity contribution in [2.24, 2.45) is 0 Å². The fourth-order valence-corrected chi connectivity index (χ4v) is 2.40. The maximum absolute atomic E-state index is 13.3. The van der Waals surface area contributed by atoms with E-state index in [9.17, 15) is 4.39 Å². The Hall–Kier alpha value is -0.320. The van der Waals surface area contributed by atoms with Gasteiger partial charge in [-0.25, -0.2) is 4.39 Å². The van der Waals surface area contributed by atoms with Gasteiger partial charge in [0.15, 0.2) is 0 Å². The first-order valence-corrected chi connectivity index (χ1v) is 6.12. The number of halogens is 4. The Balaban J connectivity index is 0.00000162. The third-order valence-corrected chi connectivity index (χ3v) is 3.39. The van der Waals surface area contributed by atoms with E-state index in [0.29, 0.717) is 5.02 Å². The molecule has 1 aromatic carbocycles. The highest BCUT2D eigenvalue weighted by atomic mass is 35.5. The normalized spacial score (nSPS) is 16.9. The van der Waals surface area contributed by atoms with Crippen LogP contribution in [-0.2, 0) is 0 Å². The minimum absolute atomic E-state index is 0. The van der Waals surface area contributed by atoms with Gasteiger partial charge in [0.2, 0.25) is 0 Å². The number of rotatable bonds is 3. The van der Waals surface area contributed by atoms with Gasteiger partial charge in [-0.15, -0.1) is 31.4 Å². The number of benzene rings is 1. The zero-order chi connectivity index (χ0) is 12.3. The van der Waals surface area contributed by atoms with Crippen LogP contribution in [0.15, 0.2) is 30.9 Å². The van der Waals surface area contributed by atoms with Crippen molar-refractivity contribution in [1.29, 1.82) is 0 Å². The van der Waals surface area contributed by atoms with Crippen LogP contribution >= 0.6 is 36.4 Å². The molecule has 2 rings (SSSR count). The highest BCUT2D eigenvalue weighted by Crippen LogP contribution is 2.29. The second kappa shape index (κ2) is 8.77. The predicted molar refractivity (Wildman–Crippen MR) is 83.3 cm³/mol. The van der Waals surface area contributed by atoms with E-state index in [0.717, 1.165) is 31.7 Å². The second-order valence-corrected chi connectivity index (χ2v) is 4.54. The Morgan fingerprint density at radius 1 is 1.32 bits per heavy atom. The number of piperazine rings is 1. The summed E-state index contributed by atoms with van der Waals surface area (Å²) in [5, 5.41) is 3.88. The van der Waals surface area contributed by atoms with Crippen LogP contribution in [0.25, 0.3) is 0 Å². The lowest BCUT2D eigenvalue weighted by Crippen LogP contribution is -2.44. The van der Waals surface area contributed by atoms with Crippen molar-refractivity contribution in [3.8, 4) is 0 Å². The Morgan fingerprint density at radius 2 is 1.95 bits per heavy atom. The van der Waals surface area contributed by atoms with Crippen LogP contribution < -0.4 is 5.32 Å². The van der Waals surface area contributed by atoms with Crippen molar-refractivity contribution in [3.05, 3.63) is 47.3 Å². The van der Waals surface area contributed by atoms with Gasteiger partial charge in [0.1, 0.15) is 5.82 Å². The molecule has 1 saturated heterocycles. The van der Waals surface area contributed by atoms with Gasteiger partial charge in [-0.1, -0.05) is 17.7 Å². The third-order valence-electron chi connectivity index (χ3n) is 3.04. The largest absolute Gasteiger partial charge is 0.314 e. The van der Waals surface area contributed by atoms with Gasteiger partial charge in [-0.3, -0.25) is 4.90 Å². The topological polar surface area (TPSA) is 15.3 Å². The van der Waals surface area contributed by atoms with Crippen LogP contribution in [0.2, 0.25) is 5.02 Å². The summed E-state index contributed by atoms with van der Waals surface area (Å²) in [4.78, 5) is 2.25. The Kier molecular flexibility index (Phi) is 8.62. The fourth-order valence-electron chi connectivity index (χ4n) is 2.17. The zero-order valence-electron chi connectivity index (χ0n) is 10.4. The summed E-state index contributed by atoms with van der Waals surface area (Å²) in [5.41, 5.74) is 0.795. The number of nitrogens with one attached hydrogen (secondary N) is 1. The molecule has 1 heterocycles. The molecule has 1 aromatic rings. The SMILES string of the molecule is C=C[C@@H](c1cc(F)ccc1Cl)N1CCNCC1.Cl.Cl. The number of nitrogens with zero attached hydrogens (tertiary/aromatic N) is 1. The van der Waals surface area contributed by atoms with Crippen LogP contribution in [0.3, 0.4) is 0 Å². The van der Waals surface area contributed by atoms with Gasteiger partial charge in [0, 0.05) is 31.2 Å². The van der Waals surface area contributed by atoms with Crippen LogP contribution in [0.4, 0.5) is 4.39 Å².